The second kappa shape index (κ2) is 8.38. The SMILES string of the molecule is CN1CCOc2ccc(/C(O)=C3/C(=O)C(=O)N(Cc4ccccn4)C3c3ccncc3)cc21. The molecule has 0 spiro atoms. The molecule has 2 aliphatic heterocycles. The van der Waals surface area contributed by atoms with Gasteiger partial charge in [0.15, 0.2) is 0 Å². The minimum absolute atomic E-state index is 0.0430. The number of ketones is 1. The van der Waals surface area contributed by atoms with Crippen LogP contribution in [0.3, 0.4) is 0 Å². The topological polar surface area (TPSA) is 95.9 Å². The minimum Gasteiger partial charge on any atom is -0.507 e. The average Bonchev–Trinajstić information content (AvgIpc) is 3.10. The number of ether oxygens (including phenoxy) is 1. The first-order valence-corrected chi connectivity index (χ1v) is 10.6. The van der Waals surface area contributed by atoms with Gasteiger partial charge in [-0.1, -0.05) is 6.07 Å². The predicted molar refractivity (Wildman–Crippen MR) is 122 cm³/mol. The number of carbonyl (C=O) groups is 2. The molecule has 1 fully saturated rings. The largest absolute Gasteiger partial charge is 0.507 e. The minimum atomic E-state index is -0.764. The summed E-state index contributed by atoms with van der Waals surface area (Å²) in [5, 5.41) is 11.3. The third-order valence-corrected chi connectivity index (χ3v) is 5.95. The number of aromatic nitrogens is 2. The lowest BCUT2D eigenvalue weighted by molar-refractivity contribution is -0.140. The molecule has 4 heterocycles. The number of likely N-dealkylation sites (N-methyl/N-ethyl adjacent to an activating group) is 1. The number of hydrogen-bond acceptors (Lipinski definition) is 7. The van der Waals surface area contributed by atoms with Crippen LogP contribution in [0.25, 0.3) is 5.76 Å². The Bertz CT molecular complexity index is 1240. The quantitative estimate of drug-likeness (QED) is 0.377. The molecule has 1 saturated heterocycles. The molecule has 1 aromatic carbocycles. The van der Waals surface area contributed by atoms with Crippen LogP contribution in [-0.2, 0) is 16.1 Å². The smallest absolute Gasteiger partial charge is 0.296 e. The van der Waals surface area contributed by atoms with Gasteiger partial charge in [0.25, 0.3) is 11.7 Å². The van der Waals surface area contributed by atoms with Gasteiger partial charge in [0, 0.05) is 31.2 Å². The van der Waals surface area contributed by atoms with Gasteiger partial charge in [-0.05, 0) is 48.0 Å². The maximum Gasteiger partial charge on any atom is 0.296 e. The van der Waals surface area contributed by atoms with Crippen molar-refractivity contribution in [1.29, 1.82) is 0 Å². The summed E-state index contributed by atoms with van der Waals surface area (Å²) >= 11 is 0. The van der Waals surface area contributed by atoms with Crippen molar-refractivity contribution >= 4 is 23.1 Å². The first-order valence-electron chi connectivity index (χ1n) is 10.6. The van der Waals surface area contributed by atoms with Gasteiger partial charge in [-0.25, -0.2) is 0 Å². The second-order valence-electron chi connectivity index (χ2n) is 7.98. The van der Waals surface area contributed by atoms with Crippen LogP contribution in [0.5, 0.6) is 5.75 Å². The van der Waals surface area contributed by atoms with Gasteiger partial charge in [-0.15, -0.1) is 0 Å². The van der Waals surface area contributed by atoms with E-state index in [1.807, 2.05) is 18.0 Å². The number of carbonyl (C=O) groups excluding carboxylic acids is 2. The van der Waals surface area contributed by atoms with Gasteiger partial charge in [-0.2, -0.15) is 0 Å². The van der Waals surface area contributed by atoms with E-state index in [0.29, 0.717) is 35.7 Å². The summed E-state index contributed by atoms with van der Waals surface area (Å²) in [6.45, 7) is 1.42. The number of anilines is 1. The van der Waals surface area contributed by atoms with E-state index in [2.05, 4.69) is 9.97 Å². The summed E-state index contributed by atoms with van der Waals surface area (Å²) in [6.07, 6.45) is 4.84. The lowest BCUT2D eigenvalue weighted by Crippen LogP contribution is -2.29. The standard InChI is InChI=1S/C25H22N4O4/c1-28-12-13-33-20-6-5-17(14-19(20)28)23(30)21-22(16-7-10-26-11-8-16)29(25(32)24(21)31)15-18-4-2-3-9-27-18/h2-11,14,22,30H,12-13,15H2,1H3/b23-21-. The number of Topliss-reactive ketones (excluding diaryl/α,β-unsaturated/α-hetero) is 1. The van der Waals surface area contributed by atoms with Crippen LogP contribution in [-0.4, -0.2) is 51.9 Å². The number of fused-ring (bicyclic) bond motifs is 1. The molecule has 3 aromatic rings. The molecule has 0 bridgehead atoms. The number of nitrogens with zero attached hydrogens (tertiary/aromatic N) is 4. The first-order chi connectivity index (χ1) is 16.0. The molecular formula is C25H22N4O4. The van der Waals surface area contributed by atoms with Crippen molar-refractivity contribution in [2.24, 2.45) is 0 Å². The third-order valence-electron chi connectivity index (χ3n) is 5.95. The summed E-state index contributed by atoms with van der Waals surface area (Å²) in [5.74, 6) is -0.919. The third kappa shape index (κ3) is 3.69. The molecule has 0 aliphatic carbocycles. The highest BCUT2D eigenvalue weighted by Gasteiger charge is 2.46. The van der Waals surface area contributed by atoms with Crippen LogP contribution in [0.1, 0.15) is 22.9 Å². The van der Waals surface area contributed by atoms with Crippen LogP contribution < -0.4 is 9.64 Å². The normalized spacial score (nSPS) is 19.4. The Morgan fingerprint density at radius 1 is 1.12 bits per heavy atom. The van der Waals surface area contributed by atoms with Crippen molar-refractivity contribution in [3.8, 4) is 5.75 Å². The number of benzene rings is 1. The fourth-order valence-electron chi connectivity index (χ4n) is 4.26. The maximum atomic E-state index is 13.2. The number of amides is 1. The highest BCUT2D eigenvalue weighted by Crippen LogP contribution is 2.41. The molecule has 2 aromatic heterocycles. The Hall–Kier alpha value is -4.20. The van der Waals surface area contributed by atoms with E-state index in [0.717, 1.165) is 5.69 Å². The number of pyridine rings is 2. The lowest BCUT2D eigenvalue weighted by Gasteiger charge is -2.28. The highest BCUT2D eigenvalue weighted by atomic mass is 16.5. The van der Waals surface area contributed by atoms with Crippen molar-refractivity contribution in [1.82, 2.24) is 14.9 Å². The van der Waals surface area contributed by atoms with Crippen molar-refractivity contribution in [3.63, 3.8) is 0 Å². The van der Waals surface area contributed by atoms with Crippen LogP contribution >= 0.6 is 0 Å². The molecule has 1 unspecified atom stereocenters. The zero-order valence-corrected chi connectivity index (χ0v) is 18.0. The molecule has 2 aliphatic rings. The van der Waals surface area contributed by atoms with E-state index in [-0.39, 0.29) is 17.9 Å². The summed E-state index contributed by atoms with van der Waals surface area (Å²) < 4.78 is 5.68. The van der Waals surface area contributed by atoms with Crippen molar-refractivity contribution in [3.05, 3.63) is 89.5 Å². The summed E-state index contributed by atoms with van der Waals surface area (Å²) in [5.41, 5.74) is 2.63. The Balaban J connectivity index is 1.63. The Morgan fingerprint density at radius 2 is 1.94 bits per heavy atom. The molecule has 0 radical (unpaired) electrons. The van der Waals surface area contributed by atoms with E-state index in [1.165, 1.54) is 4.90 Å². The average molecular weight is 442 g/mol. The summed E-state index contributed by atoms with van der Waals surface area (Å²) in [4.78, 5) is 38.1. The van der Waals surface area contributed by atoms with Gasteiger partial charge in [0.05, 0.1) is 36.1 Å². The predicted octanol–water partition coefficient (Wildman–Crippen LogP) is 2.93. The fraction of sp³-hybridized carbons (Fsp3) is 0.200. The monoisotopic (exact) mass is 442 g/mol. The van der Waals surface area contributed by atoms with Gasteiger partial charge in [0.2, 0.25) is 0 Å². The summed E-state index contributed by atoms with van der Waals surface area (Å²) in [7, 11) is 1.94. The first kappa shape index (κ1) is 20.7. The molecular weight excluding hydrogens is 420 g/mol. The van der Waals surface area contributed by atoms with E-state index in [9.17, 15) is 14.7 Å². The Morgan fingerprint density at radius 3 is 2.70 bits per heavy atom. The number of rotatable bonds is 4. The molecule has 33 heavy (non-hydrogen) atoms. The molecule has 1 N–H and O–H groups in total. The zero-order valence-electron chi connectivity index (χ0n) is 18.0. The lowest BCUT2D eigenvalue weighted by atomic mass is 9.95. The number of hydrogen-bond donors (Lipinski definition) is 1. The van der Waals surface area contributed by atoms with E-state index in [1.54, 1.807) is 61.1 Å². The number of aliphatic hydroxyl groups is 1. The molecule has 1 amide bonds. The zero-order chi connectivity index (χ0) is 22.9. The van der Waals surface area contributed by atoms with Gasteiger partial charge >= 0.3 is 0 Å². The van der Waals surface area contributed by atoms with Crippen LogP contribution in [0.15, 0.2) is 72.7 Å². The van der Waals surface area contributed by atoms with Crippen LogP contribution in [0, 0.1) is 0 Å². The Labute approximate surface area is 190 Å². The van der Waals surface area contributed by atoms with Crippen molar-refractivity contribution in [2.45, 2.75) is 12.6 Å². The van der Waals surface area contributed by atoms with Crippen molar-refractivity contribution in [2.75, 3.05) is 25.1 Å². The fourth-order valence-corrected chi connectivity index (χ4v) is 4.26. The Kier molecular flexibility index (Phi) is 5.26. The number of likely N-dealkylation sites (tertiary alicyclic amines) is 1. The van der Waals surface area contributed by atoms with Gasteiger partial charge in [-0.3, -0.25) is 19.6 Å². The molecule has 5 rings (SSSR count). The summed E-state index contributed by atoms with van der Waals surface area (Å²) in [6, 6.07) is 13.4. The maximum absolute atomic E-state index is 13.2. The molecule has 8 nitrogen and oxygen atoms in total. The highest BCUT2D eigenvalue weighted by molar-refractivity contribution is 6.46. The molecule has 166 valence electrons. The molecule has 1 atom stereocenters. The van der Waals surface area contributed by atoms with E-state index >= 15 is 0 Å². The molecule has 0 saturated carbocycles. The van der Waals surface area contributed by atoms with Crippen LogP contribution in [0.2, 0.25) is 0 Å². The van der Waals surface area contributed by atoms with Crippen LogP contribution in [0.4, 0.5) is 5.69 Å². The molecule has 8 heteroatoms. The van der Waals surface area contributed by atoms with Gasteiger partial charge < -0.3 is 19.6 Å². The number of aliphatic hydroxyl groups excluding tert-OH is 1. The van der Waals surface area contributed by atoms with Gasteiger partial charge in [0.1, 0.15) is 18.1 Å². The second-order valence-corrected chi connectivity index (χ2v) is 7.98. The van der Waals surface area contributed by atoms with Crippen molar-refractivity contribution < 1.29 is 19.4 Å². The van der Waals surface area contributed by atoms with E-state index in [4.69, 9.17) is 4.74 Å². The van der Waals surface area contributed by atoms with E-state index < -0.39 is 17.7 Å².